The quantitative estimate of drug-likeness (QED) is 0.820. The molecule has 0 saturated carbocycles. The summed E-state index contributed by atoms with van der Waals surface area (Å²) in [5.74, 6) is 0.908. The fourth-order valence-corrected chi connectivity index (χ4v) is 2.60. The van der Waals surface area contributed by atoms with E-state index in [2.05, 4.69) is 4.72 Å². The van der Waals surface area contributed by atoms with Crippen LogP contribution in [0.1, 0.15) is 5.56 Å². The van der Waals surface area contributed by atoms with E-state index < -0.39 is 10.0 Å². The molecule has 0 heterocycles. The van der Waals surface area contributed by atoms with Crippen molar-refractivity contribution in [3.05, 3.63) is 23.8 Å². The SMILES string of the molecule is COc1ccc(S(=O)(=O)NCCCl)cc1C. The molecule has 1 aromatic rings. The molecule has 16 heavy (non-hydrogen) atoms. The van der Waals surface area contributed by atoms with Gasteiger partial charge in [-0.05, 0) is 30.7 Å². The first-order chi connectivity index (χ1) is 7.51. The van der Waals surface area contributed by atoms with Gasteiger partial charge in [-0.3, -0.25) is 0 Å². The van der Waals surface area contributed by atoms with E-state index in [1.54, 1.807) is 26.2 Å². The molecule has 0 spiro atoms. The molecule has 1 N–H and O–H groups in total. The van der Waals surface area contributed by atoms with Crippen LogP contribution >= 0.6 is 11.6 Å². The molecule has 0 aliphatic heterocycles. The van der Waals surface area contributed by atoms with Crippen LogP contribution in [0.25, 0.3) is 0 Å². The second-order valence-electron chi connectivity index (χ2n) is 3.22. The molecule has 0 radical (unpaired) electrons. The molecular formula is C10H14ClNO3S. The predicted octanol–water partition coefficient (Wildman–Crippen LogP) is 1.52. The van der Waals surface area contributed by atoms with E-state index in [4.69, 9.17) is 16.3 Å². The van der Waals surface area contributed by atoms with Gasteiger partial charge in [-0.1, -0.05) is 0 Å². The Labute approximate surface area is 101 Å². The maximum absolute atomic E-state index is 11.7. The van der Waals surface area contributed by atoms with Crippen LogP contribution in [0.4, 0.5) is 0 Å². The predicted molar refractivity (Wildman–Crippen MR) is 63.6 cm³/mol. The number of aryl methyl sites for hydroxylation is 1. The monoisotopic (exact) mass is 263 g/mol. The van der Waals surface area contributed by atoms with Gasteiger partial charge in [0.05, 0.1) is 12.0 Å². The largest absolute Gasteiger partial charge is 0.496 e. The second kappa shape index (κ2) is 5.52. The van der Waals surface area contributed by atoms with Gasteiger partial charge < -0.3 is 4.74 Å². The van der Waals surface area contributed by atoms with E-state index in [1.807, 2.05) is 0 Å². The fourth-order valence-electron chi connectivity index (χ4n) is 1.27. The number of alkyl halides is 1. The van der Waals surface area contributed by atoms with Gasteiger partial charge in [0, 0.05) is 12.4 Å². The molecule has 0 aromatic heterocycles. The molecule has 1 aromatic carbocycles. The number of halogens is 1. The molecule has 1 rings (SSSR count). The van der Waals surface area contributed by atoms with Crippen LogP contribution in [0.15, 0.2) is 23.1 Å². The highest BCUT2D eigenvalue weighted by atomic mass is 35.5. The van der Waals surface area contributed by atoms with Crippen molar-refractivity contribution in [2.75, 3.05) is 19.5 Å². The molecule has 0 atom stereocenters. The summed E-state index contributed by atoms with van der Waals surface area (Å²) in [6, 6.07) is 4.70. The van der Waals surface area contributed by atoms with Crippen molar-refractivity contribution >= 4 is 21.6 Å². The Kier molecular flexibility index (Phi) is 4.58. The summed E-state index contributed by atoms with van der Waals surface area (Å²) < 4.78 is 30.9. The van der Waals surface area contributed by atoms with Gasteiger partial charge >= 0.3 is 0 Å². The lowest BCUT2D eigenvalue weighted by atomic mass is 10.2. The molecule has 0 aliphatic carbocycles. The third-order valence-electron chi connectivity index (χ3n) is 2.06. The number of methoxy groups -OCH3 is 1. The molecule has 0 aliphatic rings. The van der Waals surface area contributed by atoms with Crippen molar-refractivity contribution in [3.8, 4) is 5.75 Å². The van der Waals surface area contributed by atoms with Gasteiger partial charge in [0.1, 0.15) is 5.75 Å². The van der Waals surface area contributed by atoms with Crippen LogP contribution in [0.2, 0.25) is 0 Å². The third-order valence-corrected chi connectivity index (χ3v) is 3.71. The van der Waals surface area contributed by atoms with Crippen molar-refractivity contribution < 1.29 is 13.2 Å². The number of benzene rings is 1. The Hall–Kier alpha value is -0.780. The summed E-state index contributed by atoms with van der Waals surface area (Å²) in [5.41, 5.74) is 0.774. The van der Waals surface area contributed by atoms with Crippen LogP contribution in [0.5, 0.6) is 5.75 Å². The smallest absolute Gasteiger partial charge is 0.240 e. The van der Waals surface area contributed by atoms with Crippen molar-refractivity contribution in [2.24, 2.45) is 0 Å². The molecule has 0 bridgehead atoms. The topological polar surface area (TPSA) is 55.4 Å². The first-order valence-corrected chi connectivity index (χ1v) is 6.73. The molecule has 90 valence electrons. The lowest BCUT2D eigenvalue weighted by molar-refractivity contribution is 0.411. The molecule has 0 amide bonds. The van der Waals surface area contributed by atoms with Gasteiger partial charge in [-0.2, -0.15) is 0 Å². The minimum atomic E-state index is -3.46. The van der Waals surface area contributed by atoms with E-state index in [0.29, 0.717) is 5.75 Å². The van der Waals surface area contributed by atoms with Gasteiger partial charge in [-0.25, -0.2) is 13.1 Å². The van der Waals surface area contributed by atoms with Crippen LogP contribution in [-0.2, 0) is 10.0 Å². The van der Waals surface area contributed by atoms with E-state index in [9.17, 15) is 8.42 Å². The molecular weight excluding hydrogens is 250 g/mol. The summed E-state index contributed by atoms with van der Waals surface area (Å²) in [6.45, 7) is 2.01. The number of hydrogen-bond donors (Lipinski definition) is 1. The summed E-state index contributed by atoms with van der Waals surface area (Å²) in [4.78, 5) is 0.218. The summed E-state index contributed by atoms with van der Waals surface area (Å²) >= 11 is 5.43. The van der Waals surface area contributed by atoms with Crippen molar-refractivity contribution in [2.45, 2.75) is 11.8 Å². The van der Waals surface area contributed by atoms with Gasteiger partial charge in [0.15, 0.2) is 0 Å². The van der Waals surface area contributed by atoms with Gasteiger partial charge in [-0.15, -0.1) is 11.6 Å². The lowest BCUT2D eigenvalue weighted by Gasteiger charge is -2.08. The van der Waals surface area contributed by atoms with Crippen molar-refractivity contribution in [1.82, 2.24) is 4.72 Å². The van der Waals surface area contributed by atoms with Crippen LogP contribution in [0.3, 0.4) is 0 Å². The summed E-state index contributed by atoms with van der Waals surface area (Å²) in [7, 11) is -1.92. The Morgan fingerprint density at radius 1 is 1.44 bits per heavy atom. The lowest BCUT2D eigenvalue weighted by Crippen LogP contribution is -2.25. The maximum atomic E-state index is 11.7. The number of rotatable bonds is 5. The molecule has 0 unspecified atom stereocenters. The number of sulfonamides is 1. The zero-order valence-corrected chi connectivity index (χ0v) is 10.7. The minimum Gasteiger partial charge on any atom is -0.496 e. The van der Waals surface area contributed by atoms with E-state index in [-0.39, 0.29) is 17.3 Å². The minimum absolute atomic E-state index is 0.217. The Morgan fingerprint density at radius 3 is 2.62 bits per heavy atom. The van der Waals surface area contributed by atoms with Gasteiger partial charge in [0.25, 0.3) is 0 Å². The van der Waals surface area contributed by atoms with Crippen molar-refractivity contribution in [1.29, 1.82) is 0 Å². The van der Waals surface area contributed by atoms with Crippen LogP contribution in [0, 0.1) is 6.92 Å². The average Bonchev–Trinajstić information content (AvgIpc) is 2.26. The number of nitrogens with one attached hydrogen (secondary N) is 1. The first kappa shape index (κ1) is 13.3. The Morgan fingerprint density at radius 2 is 2.12 bits per heavy atom. The second-order valence-corrected chi connectivity index (χ2v) is 5.36. The zero-order chi connectivity index (χ0) is 12.2. The third kappa shape index (κ3) is 3.10. The number of ether oxygens (including phenoxy) is 1. The highest BCUT2D eigenvalue weighted by Gasteiger charge is 2.14. The van der Waals surface area contributed by atoms with E-state index in [1.165, 1.54) is 6.07 Å². The Balaban J connectivity index is 3.01. The maximum Gasteiger partial charge on any atom is 0.240 e. The fraction of sp³-hybridized carbons (Fsp3) is 0.400. The van der Waals surface area contributed by atoms with Crippen LogP contribution in [-0.4, -0.2) is 28.0 Å². The zero-order valence-electron chi connectivity index (χ0n) is 9.16. The Bertz CT molecular complexity index is 459. The summed E-state index contributed by atoms with van der Waals surface area (Å²) in [6.07, 6.45) is 0. The normalized spacial score (nSPS) is 11.4. The van der Waals surface area contributed by atoms with E-state index >= 15 is 0 Å². The highest BCUT2D eigenvalue weighted by Crippen LogP contribution is 2.20. The van der Waals surface area contributed by atoms with E-state index in [0.717, 1.165) is 5.56 Å². The summed E-state index contributed by atoms with van der Waals surface area (Å²) in [5, 5.41) is 0. The number of hydrogen-bond acceptors (Lipinski definition) is 3. The first-order valence-electron chi connectivity index (χ1n) is 4.71. The molecule has 4 nitrogen and oxygen atoms in total. The van der Waals surface area contributed by atoms with Crippen LogP contribution < -0.4 is 9.46 Å². The van der Waals surface area contributed by atoms with Crippen molar-refractivity contribution in [3.63, 3.8) is 0 Å². The molecule has 6 heteroatoms. The molecule has 0 saturated heterocycles. The molecule has 0 fully saturated rings. The average molecular weight is 264 g/mol. The highest BCUT2D eigenvalue weighted by molar-refractivity contribution is 7.89. The van der Waals surface area contributed by atoms with Gasteiger partial charge in [0.2, 0.25) is 10.0 Å². The standard InChI is InChI=1S/C10H14ClNO3S/c1-8-7-9(3-4-10(8)15-2)16(13,14)12-6-5-11/h3-4,7,12H,5-6H2,1-2H3.